The van der Waals surface area contributed by atoms with Gasteiger partial charge in [-0.25, -0.2) is 4.79 Å². The average Bonchev–Trinajstić information content (AvgIpc) is 3.12. The summed E-state index contributed by atoms with van der Waals surface area (Å²) in [6.45, 7) is 3.68. The zero-order valence-corrected chi connectivity index (χ0v) is 12.5. The van der Waals surface area contributed by atoms with Crippen LogP contribution in [0.15, 0.2) is 0 Å². The Kier molecular flexibility index (Phi) is 4.34. The maximum atomic E-state index is 12.4. The second-order valence-electron chi connectivity index (χ2n) is 6.12. The SMILES string of the molecule is COCC(C)(NC(=O)C1CC12CCNCC2)C(=O)OC. The Bertz CT molecular complexity index is 393. The number of rotatable bonds is 5. The second kappa shape index (κ2) is 5.69. The monoisotopic (exact) mass is 284 g/mol. The first-order valence-electron chi connectivity index (χ1n) is 7.07. The molecule has 0 aromatic heterocycles. The van der Waals surface area contributed by atoms with E-state index in [1.807, 2.05) is 0 Å². The molecule has 20 heavy (non-hydrogen) atoms. The third kappa shape index (κ3) is 2.81. The van der Waals surface area contributed by atoms with Crippen molar-refractivity contribution in [1.82, 2.24) is 10.6 Å². The largest absolute Gasteiger partial charge is 0.467 e. The third-order valence-electron chi connectivity index (χ3n) is 4.57. The predicted octanol–water partition coefficient (Wildman–Crippen LogP) is 0.0704. The quantitative estimate of drug-likeness (QED) is 0.699. The van der Waals surface area contributed by atoms with Crippen molar-refractivity contribution < 1.29 is 19.1 Å². The van der Waals surface area contributed by atoms with Crippen molar-refractivity contribution in [3.8, 4) is 0 Å². The van der Waals surface area contributed by atoms with Gasteiger partial charge in [0.15, 0.2) is 5.54 Å². The molecule has 2 unspecified atom stereocenters. The number of hydrogen-bond donors (Lipinski definition) is 2. The molecule has 0 bridgehead atoms. The highest BCUT2D eigenvalue weighted by molar-refractivity contribution is 5.90. The van der Waals surface area contributed by atoms with Gasteiger partial charge in [0.05, 0.1) is 13.7 Å². The number of esters is 1. The molecule has 0 aromatic carbocycles. The normalized spacial score (nSPS) is 26.6. The highest BCUT2D eigenvalue weighted by atomic mass is 16.5. The number of amides is 1. The highest BCUT2D eigenvalue weighted by Gasteiger charge is 2.58. The topological polar surface area (TPSA) is 76.7 Å². The van der Waals surface area contributed by atoms with Gasteiger partial charge in [0.25, 0.3) is 0 Å². The van der Waals surface area contributed by atoms with Crippen LogP contribution in [0.2, 0.25) is 0 Å². The standard InChI is InChI=1S/C14H24N2O4/c1-13(9-19-2,12(18)20-3)16-11(17)10-8-14(10)4-6-15-7-5-14/h10,15H,4-9H2,1-3H3,(H,16,17). The number of methoxy groups -OCH3 is 2. The van der Waals surface area contributed by atoms with Gasteiger partial charge in [-0.2, -0.15) is 0 Å². The number of carbonyl (C=O) groups excluding carboxylic acids is 2. The lowest BCUT2D eigenvalue weighted by molar-refractivity contribution is -0.153. The smallest absolute Gasteiger partial charge is 0.333 e. The molecular weight excluding hydrogens is 260 g/mol. The van der Waals surface area contributed by atoms with E-state index in [0.717, 1.165) is 32.4 Å². The summed E-state index contributed by atoms with van der Waals surface area (Å²) in [6.07, 6.45) is 2.99. The Hall–Kier alpha value is -1.14. The first-order chi connectivity index (χ1) is 9.47. The van der Waals surface area contributed by atoms with E-state index in [1.54, 1.807) is 6.92 Å². The van der Waals surface area contributed by atoms with Crippen molar-refractivity contribution in [2.24, 2.45) is 11.3 Å². The molecule has 2 atom stereocenters. The minimum Gasteiger partial charge on any atom is -0.467 e. The molecule has 1 aliphatic heterocycles. The fourth-order valence-electron chi connectivity index (χ4n) is 3.21. The van der Waals surface area contributed by atoms with E-state index >= 15 is 0 Å². The average molecular weight is 284 g/mol. The van der Waals surface area contributed by atoms with Gasteiger partial charge < -0.3 is 20.1 Å². The van der Waals surface area contributed by atoms with Gasteiger partial charge in [0.1, 0.15) is 0 Å². The first-order valence-corrected chi connectivity index (χ1v) is 7.07. The molecule has 6 nitrogen and oxygen atoms in total. The maximum absolute atomic E-state index is 12.4. The molecular formula is C14H24N2O4. The van der Waals surface area contributed by atoms with Gasteiger partial charge in [-0.05, 0) is 44.7 Å². The van der Waals surface area contributed by atoms with Crippen molar-refractivity contribution in [1.29, 1.82) is 0 Å². The van der Waals surface area contributed by atoms with E-state index in [-0.39, 0.29) is 23.8 Å². The molecule has 1 spiro atoms. The summed E-state index contributed by atoms with van der Waals surface area (Å²) in [5, 5.41) is 6.13. The van der Waals surface area contributed by atoms with Crippen LogP contribution in [-0.2, 0) is 19.1 Å². The van der Waals surface area contributed by atoms with E-state index in [1.165, 1.54) is 14.2 Å². The van der Waals surface area contributed by atoms with E-state index in [4.69, 9.17) is 9.47 Å². The Morgan fingerprint density at radius 2 is 2.00 bits per heavy atom. The Labute approximate surface area is 119 Å². The van der Waals surface area contributed by atoms with Gasteiger partial charge in [0.2, 0.25) is 5.91 Å². The molecule has 1 amide bonds. The van der Waals surface area contributed by atoms with Crippen molar-refractivity contribution in [2.45, 2.75) is 31.7 Å². The van der Waals surface area contributed by atoms with Crippen molar-refractivity contribution in [3.63, 3.8) is 0 Å². The Morgan fingerprint density at radius 1 is 1.35 bits per heavy atom. The lowest BCUT2D eigenvalue weighted by atomic mass is 9.91. The zero-order valence-electron chi connectivity index (χ0n) is 12.5. The minimum atomic E-state index is -1.11. The van der Waals surface area contributed by atoms with Crippen LogP contribution in [0, 0.1) is 11.3 Å². The van der Waals surface area contributed by atoms with Crippen LogP contribution < -0.4 is 10.6 Å². The van der Waals surface area contributed by atoms with Crippen LogP contribution in [0.3, 0.4) is 0 Å². The third-order valence-corrected chi connectivity index (χ3v) is 4.57. The van der Waals surface area contributed by atoms with Crippen LogP contribution in [0.25, 0.3) is 0 Å². The summed E-state index contributed by atoms with van der Waals surface area (Å²) >= 11 is 0. The molecule has 2 aliphatic rings. The Balaban J connectivity index is 1.98. The fraction of sp³-hybridized carbons (Fsp3) is 0.857. The summed E-state index contributed by atoms with van der Waals surface area (Å²) in [5.74, 6) is -0.519. The van der Waals surface area contributed by atoms with Crippen LogP contribution in [-0.4, -0.2) is 51.3 Å². The summed E-state index contributed by atoms with van der Waals surface area (Å²) in [7, 11) is 2.81. The van der Waals surface area contributed by atoms with Crippen molar-refractivity contribution in [2.75, 3.05) is 33.9 Å². The second-order valence-corrected chi connectivity index (χ2v) is 6.12. The number of piperidine rings is 1. The van der Waals surface area contributed by atoms with Gasteiger partial charge in [-0.3, -0.25) is 4.79 Å². The van der Waals surface area contributed by atoms with Crippen LogP contribution in [0.4, 0.5) is 0 Å². The molecule has 1 heterocycles. The van der Waals surface area contributed by atoms with Gasteiger partial charge in [-0.1, -0.05) is 0 Å². The molecule has 2 rings (SSSR count). The van der Waals surface area contributed by atoms with E-state index in [2.05, 4.69) is 10.6 Å². The number of carbonyl (C=O) groups is 2. The highest BCUT2D eigenvalue weighted by Crippen LogP contribution is 2.58. The van der Waals surface area contributed by atoms with Crippen LogP contribution in [0.1, 0.15) is 26.2 Å². The molecule has 114 valence electrons. The van der Waals surface area contributed by atoms with E-state index < -0.39 is 11.5 Å². The van der Waals surface area contributed by atoms with Crippen molar-refractivity contribution in [3.05, 3.63) is 0 Å². The van der Waals surface area contributed by atoms with Crippen molar-refractivity contribution >= 4 is 11.9 Å². The summed E-state index contributed by atoms with van der Waals surface area (Å²) in [4.78, 5) is 24.2. The Morgan fingerprint density at radius 3 is 2.55 bits per heavy atom. The molecule has 0 aromatic rings. The van der Waals surface area contributed by atoms with E-state index in [9.17, 15) is 9.59 Å². The molecule has 1 saturated heterocycles. The lowest BCUT2D eigenvalue weighted by Gasteiger charge is -2.28. The zero-order chi connectivity index (χ0) is 14.8. The number of hydrogen-bond acceptors (Lipinski definition) is 5. The van der Waals surface area contributed by atoms with Crippen LogP contribution >= 0.6 is 0 Å². The van der Waals surface area contributed by atoms with E-state index in [0.29, 0.717) is 0 Å². The van der Waals surface area contributed by atoms with Gasteiger partial charge in [-0.15, -0.1) is 0 Å². The molecule has 1 saturated carbocycles. The minimum absolute atomic E-state index is 0.0189. The lowest BCUT2D eigenvalue weighted by Crippen LogP contribution is -2.56. The van der Waals surface area contributed by atoms with Gasteiger partial charge in [0, 0.05) is 13.0 Å². The first kappa shape index (κ1) is 15.3. The van der Waals surface area contributed by atoms with Crippen LogP contribution in [0.5, 0.6) is 0 Å². The summed E-state index contributed by atoms with van der Waals surface area (Å²) < 4.78 is 9.80. The fourth-order valence-corrected chi connectivity index (χ4v) is 3.21. The number of ether oxygens (including phenoxy) is 2. The number of nitrogens with one attached hydrogen (secondary N) is 2. The predicted molar refractivity (Wildman–Crippen MR) is 73.1 cm³/mol. The summed E-state index contributed by atoms with van der Waals surface area (Å²) in [6, 6.07) is 0. The molecule has 2 N–H and O–H groups in total. The molecule has 1 aliphatic carbocycles. The maximum Gasteiger partial charge on any atom is 0.333 e. The molecule has 6 heteroatoms. The van der Waals surface area contributed by atoms with Gasteiger partial charge >= 0.3 is 5.97 Å². The molecule has 0 radical (unpaired) electrons. The molecule has 2 fully saturated rings. The summed E-state index contributed by atoms with van der Waals surface area (Å²) in [5.41, 5.74) is -0.962.